The Hall–Kier alpha value is -2.10. The Morgan fingerprint density at radius 2 is 1.82 bits per heavy atom. The van der Waals surface area contributed by atoms with Crippen LogP contribution in [0, 0.1) is 0 Å². The monoisotopic (exact) mass is 311 g/mol. The molecule has 2 aromatic carbocycles. The van der Waals surface area contributed by atoms with Gasteiger partial charge in [-0.15, -0.1) is 0 Å². The summed E-state index contributed by atoms with van der Waals surface area (Å²) in [6, 6.07) is 18.3. The van der Waals surface area contributed by atoms with E-state index < -0.39 is 0 Å². The van der Waals surface area contributed by atoms with Crippen molar-refractivity contribution < 1.29 is 0 Å². The van der Waals surface area contributed by atoms with Crippen molar-refractivity contribution >= 4 is 11.6 Å². The predicted molar refractivity (Wildman–Crippen MR) is 89.8 cm³/mol. The fourth-order valence-electron chi connectivity index (χ4n) is 2.48. The van der Waals surface area contributed by atoms with Crippen molar-refractivity contribution in [2.24, 2.45) is 7.05 Å². The Morgan fingerprint density at radius 3 is 2.45 bits per heavy atom. The molecule has 3 aromatic rings. The van der Waals surface area contributed by atoms with Crippen LogP contribution in [0.3, 0.4) is 0 Å². The lowest BCUT2D eigenvalue weighted by atomic mass is 10.1. The molecule has 1 atom stereocenters. The zero-order chi connectivity index (χ0) is 15.4. The summed E-state index contributed by atoms with van der Waals surface area (Å²) < 4.78 is 2.05. The van der Waals surface area contributed by atoms with Gasteiger partial charge in [-0.1, -0.05) is 54.1 Å². The molecule has 3 nitrogen and oxygen atoms in total. The minimum absolute atomic E-state index is 0.0527. The van der Waals surface area contributed by atoms with E-state index in [4.69, 9.17) is 11.6 Å². The van der Waals surface area contributed by atoms with E-state index in [1.165, 1.54) is 11.1 Å². The minimum atomic E-state index is 0.0527. The van der Waals surface area contributed by atoms with Crippen molar-refractivity contribution in [3.05, 3.63) is 89.0 Å². The topological polar surface area (TPSA) is 29.9 Å². The molecule has 0 saturated carbocycles. The van der Waals surface area contributed by atoms with Crippen LogP contribution in [0.4, 0.5) is 0 Å². The molecule has 22 heavy (non-hydrogen) atoms. The Morgan fingerprint density at radius 1 is 1.09 bits per heavy atom. The van der Waals surface area contributed by atoms with Crippen molar-refractivity contribution in [1.29, 1.82) is 0 Å². The number of benzene rings is 2. The number of aryl methyl sites for hydroxylation is 1. The second-order valence-corrected chi connectivity index (χ2v) is 5.68. The zero-order valence-electron chi connectivity index (χ0n) is 12.4. The van der Waals surface area contributed by atoms with E-state index in [1.54, 1.807) is 0 Å². The summed E-state index contributed by atoms with van der Waals surface area (Å²) in [5.74, 6) is 1.00. The molecular weight excluding hydrogens is 294 g/mol. The number of rotatable bonds is 5. The molecule has 0 spiro atoms. The summed E-state index contributed by atoms with van der Waals surface area (Å²) in [5.41, 5.74) is 2.39. The Balaban J connectivity index is 1.83. The van der Waals surface area contributed by atoms with E-state index in [9.17, 15) is 0 Å². The number of imidazole rings is 1. The van der Waals surface area contributed by atoms with Gasteiger partial charge in [0.1, 0.15) is 5.82 Å². The first-order valence-corrected chi connectivity index (χ1v) is 7.62. The van der Waals surface area contributed by atoms with E-state index in [2.05, 4.69) is 34.6 Å². The van der Waals surface area contributed by atoms with Gasteiger partial charge in [0.25, 0.3) is 0 Å². The van der Waals surface area contributed by atoms with Crippen molar-refractivity contribution in [3.8, 4) is 0 Å². The van der Waals surface area contributed by atoms with Crippen LogP contribution in [-0.2, 0) is 13.6 Å². The van der Waals surface area contributed by atoms with Crippen molar-refractivity contribution in [2.75, 3.05) is 0 Å². The van der Waals surface area contributed by atoms with Crippen LogP contribution < -0.4 is 5.32 Å². The van der Waals surface area contributed by atoms with E-state index in [0.717, 1.165) is 17.4 Å². The van der Waals surface area contributed by atoms with Crippen LogP contribution in [0.1, 0.15) is 23.0 Å². The highest BCUT2D eigenvalue weighted by Gasteiger charge is 2.17. The van der Waals surface area contributed by atoms with Gasteiger partial charge >= 0.3 is 0 Å². The first kappa shape index (κ1) is 14.8. The number of hydrogen-bond donors (Lipinski definition) is 1. The normalized spacial score (nSPS) is 12.3. The SMILES string of the molecule is Cn1ccnc1[C@H](NCc1ccc(Cl)cc1)c1ccccc1. The predicted octanol–water partition coefficient (Wildman–Crippen LogP) is 3.95. The largest absolute Gasteiger partial charge is 0.336 e. The van der Waals surface area contributed by atoms with Crippen molar-refractivity contribution in [3.63, 3.8) is 0 Å². The lowest BCUT2D eigenvalue weighted by molar-refractivity contribution is 0.558. The zero-order valence-corrected chi connectivity index (χ0v) is 13.2. The van der Waals surface area contributed by atoms with Crippen molar-refractivity contribution in [2.45, 2.75) is 12.6 Å². The number of aromatic nitrogens is 2. The molecule has 0 aliphatic carbocycles. The minimum Gasteiger partial charge on any atom is -0.336 e. The second-order valence-electron chi connectivity index (χ2n) is 5.25. The van der Waals surface area contributed by atoms with Gasteiger partial charge in [0, 0.05) is 31.0 Å². The summed E-state index contributed by atoms with van der Waals surface area (Å²) in [5, 5.41) is 4.35. The van der Waals surface area contributed by atoms with E-state index in [1.807, 2.05) is 54.3 Å². The molecule has 0 fully saturated rings. The van der Waals surface area contributed by atoms with Crippen molar-refractivity contribution in [1.82, 2.24) is 14.9 Å². The molecule has 0 unspecified atom stereocenters. The average Bonchev–Trinajstić information content (AvgIpc) is 2.97. The molecule has 4 heteroatoms. The molecule has 1 aromatic heterocycles. The number of halogens is 1. The maximum atomic E-state index is 5.94. The third-order valence-electron chi connectivity index (χ3n) is 3.67. The van der Waals surface area contributed by atoms with Crippen LogP contribution in [0.15, 0.2) is 67.0 Å². The van der Waals surface area contributed by atoms with Crippen LogP contribution in [0.5, 0.6) is 0 Å². The molecule has 112 valence electrons. The summed E-state index contributed by atoms with van der Waals surface area (Å²) in [6.07, 6.45) is 3.80. The molecule has 3 rings (SSSR count). The van der Waals surface area contributed by atoms with Crippen LogP contribution >= 0.6 is 11.6 Å². The molecule has 0 aliphatic heterocycles. The lowest BCUT2D eigenvalue weighted by Gasteiger charge is -2.19. The Labute approximate surface area is 135 Å². The second kappa shape index (κ2) is 6.77. The standard InChI is InChI=1S/C18H18ClN3/c1-22-12-11-20-18(22)17(15-5-3-2-4-6-15)21-13-14-7-9-16(19)10-8-14/h2-12,17,21H,13H2,1H3/t17-/m1/s1. The van der Waals surface area contributed by atoms with E-state index >= 15 is 0 Å². The van der Waals surface area contributed by atoms with E-state index in [-0.39, 0.29) is 6.04 Å². The van der Waals surface area contributed by atoms with Gasteiger partial charge in [-0.05, 0) is 23.3 Å². The Kier molecular flexibility index (Phi) is 4.56. The van der Waals surface area contributed by atoms with Gasteiger partial charge in [0.2, 0.25) is 0 Å². The molecule has 0 amide bonds. The lowest BCUT2D eigenvalue weighted by Crippen LogP contribution is -2.24. The summed E-state index contributed by atoms with van der Waals surface area (Å²) >= 11 is 5.94. The summed E-state index contributed by atoms with van der Waals surface area (Å²) in [7, 11) is 2.02. The molecule has 1 N–H and O–H groups in total. The maximum absolute atomic E-state index is 5.94. The van der Waals surface area contributed by atoms with Gasteiger partial charge in [0.15, 0.2) is 0 Å². The van der Waals surface area contributed by atoms with Crippen LogP contribution in [0.2, 0.25) is 5.02 Å². The van der Waals surface area contributed by atoms with Gasteiger partial charge < -0.3 is 4.57 Å². The number of hydrogen-bond acceptors (Lipinski definition) is 2. The van der Waals surface area contributed by atoms with Gasteiger partial charge in [0.05, 0.1) is 6.04 Å². The summed E-state index contributed by atoms with van der Waals surface area (Å²) in [4.78, 5) is 4.50. The molecule has 0 radical (unpaired) electrons. The first-order chi connectivity index (χ1) is 10.7. The molecular formula is C18H18ClN3. The van der Waals surface area contributed by atoms with E-state index in [0.29, 0.717) is 0 Å². The van der Waals surface area contributed by atoms with Crippen LogP contribution in [0.25, 0.3) is 0 Å². The van der Waals surface area contributed by atoms with Gasteiger partial charge in [-0.3, -0.25) is 5.32 Å². The third-order valence-corrected chi connectivity index (χ3v) is 3.93. The summed E-state index contributed by atoms with van der Waals surface area (Å²) in [6.45, 7) is 0.754. The first-order valence-electron chi connectivity index (χ1n) is 7.24. The highest BCUT2D eigenvalue weighted by Crippen LogP contribution is 2.21. The highest BCUT2D eigenvalue weighted by molar-refractivity contribution is 6.30. The molecule has 1 heterocycles. The smallest absolute Gasteiger partial charge is 0.130 e. The quantitative estimate of drug-likeness (QED) is 0.773. The third kappa shape index (κ3) is 3.38. The fraction of sp³-hybridized carbons (Fsp3) is 0.167. The van der Waals surface area contributed by atoms with Crippen LogP contribution in [-0.4, -0.2) is 9.55 Å². The van der Waals surface area contributed by atoms with Gasteiger partial charge in [-0.25, -0.2) is 4.98 Å². The molecule has 0 bridgehead atoms. The maximum Gasteiger partial charge on any atom is 0.130 e. The molecule has 0 aliphatic rings. The average molecular weight is 312 g/mol. The van der Waals surface area contributed by atoms with Gasteiger partial charge in [-0.2, -0.15) is 0 Å². The number of nitrogens with zero attached hydrogens (tertiary/aromatic N) is 2. The Bertz CT molecular complexity index is 720. The molecule has 0 saturated heterocycles. The number of nitrogens with one attached hydrogen (secondary N) is 1. The highest BCUT2D eigenvalue weighted by atomic mass is 35.5. The fourth-order valence-corrected chi connectivity index (χ4v) is 2.61.